The number of benzene rings is 2. The van der Waals surface area contributed by atoms with Gasteiger partial charge in [0.2, 0.25) is 0 Å². The Hall–Kier alpha value is -2.55. The van der Waals surface area contributed by atoms with Gasteiger partial charge in [0, 0.05) is 12.0 Å². The fourth-order valence-electron chi connectivity index (χ4n) is 3.33. The summed E-state index contributed by atoms with van der Waals surface area (Å²) in [4.78, 5) is -1.31. The number of sulfone groups is 1. The van der Waals surface area contributed by atoms with Crippen molar-refractivity contribution in [2.45, 2.75) is 35.2 Å². The summed E-state index contributed by atoms with van der Waals surface area (Å²) in [5, 5.41) is 29.5. The Labute approximate surface area is 161 Å². The summed E-state index contributed by atoms with van der Waals surface area (Å²) in [5.74, 6) is -0.866. The van der Waals surface area contributed by atoms with E-state index in [4.69, 9.17) is 5.26 Å². The van der Waals surface area contributed by atoms with Crippen LogP contribution in [0.3, 0.4) is 0 Å². The van der Waals surface area contributed by atoms with Crippen molar-refractivity contribution >= 4 is 9.84 Å². The lowest BCUT2D eigenvalue weighted by molar-refractivity contribution is -0.0437. The van der Waals surface area contributed by atoms with Crippen LogP contribution in [0, 0.1) is 17.1 Å². The van der Waals surface area contributed by atoms with Crippen molar-refractivity contribution < 1.29 is 40.6 Å². The number of fused-ring (bicyclic) bond motifs is 1. The lowest BCUT2D eigenvalue weighted by Crippen LogP contribution is -2.25. The van der Waals surface area contributed by atoms with Crippen molar-refractivity contribution in [3.8, 4) is 6.07 Å². The smallest absolute Gasteiger partial charge is 0.385 e. The standard InChI is InChI=1S/C18H12F5NO4S/c19-10-4-8(7-24)3-9(5-10)16(25)11-1-2-14(29(27,28)18(21,22)23)15-12(11)6-13(20)17(15)26/h1-5,13,16-17,25-26H,6H2/t13-,16-,17-/m1/s1. The molecule has 0 bridgehead atoms. The summed E-state index contributed by atoms with van der Waals surface area (Å²) in [6.45, 7) is 0. The van der Waals surface area contributed by atoms with E-state index < -0.39 is 56.4 Å². The maximum absolute atomic E-state index is 14.1. The van der Waals surface area contributed by atoms with Crippen LogP contribution < -0.4 is 0 Å². The van der Waals surface area contributed by atoms with Crippen LogP contribution in [0.4, 0.5) is 22.0 Å². The first kappa shape index (κ1) is 21.2. The first-order valence-electron chi connectivity index (χ1n) is 8.06. The number of nitrogens with zero attached hydrogens (tertiary/aromatic N) is 1. The summed E-state index contributed by atoms with van der Waals surface area (Å²) in [5.41, 5.74) is -7.27. The van der Waals surface area contributed by atoms with Gasteiger partial charge in [-0.25, -0.2) is 17.2 Å². The molecule has 2 aromatic carbocycles. The summed E-state index contributed by atoms with van der Waals surface area (Å²) >= 11 is 0. The third-order valence-electron chi connectivity index (χ3n) is 4.64. The largest absolute Gasteiger partial charge is 0.501 e. The molecular formula is C18H12F5NO4S. The van der Waals surface area contributed by atoms with Crippen molar-refractivity contribution in [2.75, 3.05) is 0 Å². The third kappa shape index (κ3) is 3.48. The number of halogens is 5. The molecule has 0 saturated heterocycles. The van der Waals surface area contributed by atoms with Crippen LogP contribution in [-0.4, -0.2) is 30.3 Å². The van der Waals surface area contributed by atoms with Gasteiger partial charge in [-0.3, -0.25) is 0 Å². The zero-order chi connectivity index (χ0) is 21.7. The van der Waals surface area contributed by atoms with Crippen molar-refractivity contribution in [2.24, 2.45) is 0 Å². The molecule has 1 aliphatic carbocycles. The minimum Gasteiger partial charge on any atom is -0.385 e. The molecule has 2 aromatic rings. The van der Waals surface area contributed by atoms with Gasteiger partial charge in [-0.15, -0.1) is 0 Å². The van der Waals surface area contributed by atoms with Gasteiger partial charge in [-0.2, -0.15) is 18.4 Å². The lowest BCUT2D eigenvalue weighted by Gasteiger charge is -2.19. The SMILES string of the molecule is N#Cc1cc(F)cc([C@@H](O)c2ccc(S(=O)(=O)C(F)(F)F)c3c2C[C@@H](F)[C@H]3O)c1. The predicted molar refractivity (Wildman–Crippen MR) is 88.4 cm³/mol. The van der Waals surface area contributed by atoms with Crippen molar-refractivity contribution in [3.05, 3.63) is 64.0 Å². The minimum absolute atomic E-state index is 0.143. The molecular weight excluding hydrogens is 421 g/mol. The third-order valence-corrected chi connectivity index (χ3v) is 6.19. The number of aliphatic hydroxyl groups is 2. The molecule has 1 aliphatic rings. The van der Waals surface area contributed by atoms with E-state index in [0.717, 1.165) is 24.3 Å². The number of alkyl halides is 4. The molecule has 3 rings (SSSR count). The maximum atomic E-state index is 14.1. The van der Waals surface area contributed by atoms with E-state index in [1.807, 2.05) is 0 Å². The molecule has 0 amide bonds. The summed E-state index contributed by atoms with van der Waals surface area (Å²) < 4.78 is 90.4. The molecule has 0 fully saturated rings. The molecule has 154 valence electrons. The van der Waals surface area contributed by atoms with Gasteiger partial charge in [0.15, 0.2) is 0 Å². The lowest BCUT2D eigenvalue weighted by atomic mass is 9.93. The highest BCUT2D eigenvalue weighted by atomic mass is 32.2. The van der Waals surface area contributed by atoms with Crippen LogP contribution in [0.1, 0.15) is 40.0 Å². The first-order valence-corrected chi connectivity index (χ1v) is 9.54. The number of hydrogen-bond donors (Lipinski definition) is 2. The highest BCUT2D eigenvalue weighted by Gasteiger charge is 2.50. The molecule has 0 saturated carbocycles. The molecule has 2 N–H and O–H groups in total. The fourth-order valence-corrected chi connectivity index (χ4v) is 4.36. The Morgan fingerprint density at radius 2 is 1.86 bits per heavy atom. The molecule has 5 nitrogen and oxygen atoms in total. The van der Waals surface area contributed by atoms with E-state index in [2.05, 4.69) is 0 Å². The highest BCUT2D eigenvalue weighted by Crippen LogP contribution is 2.45. The van der Waals surface area contributed by atoms with E-state index in [0.29, 0.717) is 6.07 Å². The van der Waals surface area contributed by atoms with E-state index in [1.54, 1.807) is 6.07 Å². The molecule has 0 aromatic heterocycles. The average molecular weight is 433 g/mol. The Bertz CT molecular complexity index is 1120. The van der Waals surface area contributed by atoms with Gasteiger partial charge >= 0.3 is 5.51 Å². The fraction of sp³-hybridized carbons (Fsp3) is 0.278. The van der Waals surface area contributed by atoms with Crippen LogP contribution in [0.15, 0.2) is 35.2 Å². The van der Waals surface area contributed by atoms with E-state index in [9.17, 15) is 40.6 Å². The summed E-state index contributed by atoms with van der Waals surface area (Å²) in [6, 6.07) is 5.93. The molecule has 29 heavy (non-hydrogen) atoms. The van der Waals surface area contributed by atoms with E-state index >= 15 is 0 Å². The van der Waals surface area contributed by atoms with Gasteiger partial charge in [0.25, 0.3) is 9.84 Å². The van der Waals surface area contributed by atoms with Crippen LogP contribution in [-0.2, 0) is 16.3 Å². The van der Waals surface area contributed by atoms with Crippen molar-refractivity contribution in [1.29, 1.82) is 5.26 Å². The second kappa shape index (κ2) is 7.05. The zero-order valence-corrected chi connectivity index (χ0v) is 15.1. The normalized spacial score (nSPS) is 20.2. The van der Waals surface area contributed by atoms with Gasteiger partial charge < -0.3 is 10.2 Å². The van der Waals surface area contributed by atoms with Crippen molar-refractivity contribution in [3.63, 3.8) is 0 Å². The summed E-state index contributed by atoms with van der Waals surface area (Å²) in [6.07, 6.45) is -6.59. The Morgan fingerprint density at radius 1 is 1.21 bits per heavy atom. The number of aliphatic hydroxyl groups excluding tert-OH is 2. The number of nitriles is 1. The van der Waals surface area contributed by atoms with Crippen LogP contribution in [0.5, 0.6) is 0 Å². The van der Waals surface area contributed by atoms with E-state index in [-0.39, 0.29) is 22.3 Å². The highest BCUT2D eigenvalue weighted by molar-refractivity contribution is 7.92. The summed E-state index contributed by atoms with van der Waals surface area (Å²) in [7, 11) is -5.89. The van der Waals surface area contributed by atoms with Crippen molar-refractivity contribution in [1.82, 2.24) is 0 Å². The molecule has 0 aliphatic heterocycles. The van der Waals surface area contributed by atoms with E-state index in [1.165, 1.54) is 0 Å². The second-order valence-corrected chi connectivity index (χ2v) is 8.36. The predicted octanol–water partition coefficient (Wildman–Crippen LogP) is 3.00. The Morgan fingerprint density at radius 3 is 2.45 bits per heavy atom. The zero-order valence-electron chi connectivity index (χ0n) is 14.3. The van der Waals surface area contributed by atoms with Gasteiger partial charge in [0.1, 0.15) is 24.2 Å². The Balaban J connectivity index is 2.22. The molecule has 0 unspecified atom stereocenters. The van der Waals surface area contributed by atoms with Crippen LogP contribution >= 0.6 is 0 Å². The molecule has 11 heteroatoms. The number of rotatable bonds is 3. The molecule has 0 heterocycles. The van der Waals surface area contributed by atoms with Gasteiger partial charge in [0.05, 0.1) is 16.5 Å². The quantitative estimate of drug-likeness (QED) is 0.726. The molecule has 0 spiro atoms. The minimum atomic E-state index is -5.89. The first-order chi connectivity index (χ1) is 13.4. The van der Waals surface area contributed by atoms with Gasteiger partial charge in [-0.05, 0) is 41.0 Å². The monoisotopic (exact) mass is 433 g/mol. The number of hydrogen-bond acceptors (Lipinski definition) is 5. The maximum Gasteiger partial charge on any atom is 0.501 e. The molecule has 3 atom stereocenters. The topological polar surface area (TPSA) is 98.4 Å². The molecule has 0 radical (unpaired) electrons. The second-order valence-electron chi connectivity index (χ2n) is 6.45. The van der Waals surface area contributed by atoms with Gasteiger partial charge in [-0.1, -0.05) is 6.07 Å². The average Bonchev–Trinajstić information content (AvgIpc) is 2.93. The Kier molecular flexibility index (Phi) is 5.15. The van der Waals surface area contributed by atoms with Crippen LogP contribution in [0.25, 0.3) is 0 Å². The van der Waals surface area contributed by atoms with Crippen LogP contribution in [0.2, 0.25) is 0 Å².